The minimum Gasteiger partial charge on any atom is -0.480 e. The summed E-state index contributed by atoms with van der Waals surface area (Å²) in [6, 6.07) is -1.11. The highest BCUT2D eigenvalue weighted by molar-refractivity contribution is 6.06. The lowest BCUT2D eigenvalue weighted by atomic mass is 10.1. The Kier molecular flexibility index (Phi) is 4.82. The Labute approximate surface area is 104 Å². The van der Waals surface area contributed by atoms with E-state index in [1.165, 1.54) is 0 Å². The zero-order valence-electron chi connectivity index (χ0n) is 10.1. The minimum atomic E-state index is -1.19. The van der Waals surface area contributed by atoms with Gasteiger partial charge < -0.3 is 15.3 Å². The molecular weight excluding hydrogens is 240 g/mol. The van der Waals surface area contributed by atoms with E-state index >= 15 is 0 Å². The van der Waals surface area contributed by atoms with Gasteiger partial charge in [0.25, 0.3) is 0 Å². The number of rotatable bonds is 6. The second-order valence-electron chi connectivity index (χ2n) is 4.08. The third-order valence-electron chi connectivity index (χ3n) is 2.70. The summed E-state index contributed by atoms with van der Waals surface area (Å²) >= 11 is 0. The Morgan fingerprint density at radius 2 is 2.11 bits per heavy atom. The number of carboxylic acid groups (broad SMARTS) is 1. The van der Waals surface area contributed by atoms with Crippen molar-refractivity contribution < 1.29 is 24.3 Å². The molecule has 1 heterocycles. The summed E-state index contributed by atoms with van der Waals surface area (Å²) in [5, 5.41) is 11.6. The van der Waals surface area contributed by atoms with Crippen LogP contribution in [-0.2, 0) is 19.2 Å². The maximum absolute atomic E-state index is 11.4. The predicted molar refractivity (Wildman–Crippen MR) is 60.7 cm³/mol. The first kappa shape index (κ1) is 14.1. The van der Waals surface area contributed by atoms with Crippen LogP contribution in [0.2, 0.25) is 0 Å². The largest absolute Gasteiger partial charge is 0.480 e. The van der Waals surface area contributed by atoms with Crippen molar-refractivity contribution in [3.05, 3.63) is 0 Å². The van der Waals surface area contributed by atoms with Crippen molar-refractivity contribution in [1.82, 2.24) is 10.2 Å². The van der Waals surface area contributed by atoms with Crippen molar-refractivity contribution in [2.45, 2.75) is 32.2 Å². The number of hydrogen-bond donors (Lipinski definition) is 2. The molecule has 1 aliphatic rings. The molecule has 7 nitrogen and oxygen atoms in total. The van der Waals surface area contributed by atoms with Crippen molar-refractivity contribution in [3.63, 3.8) is 0 Å². The van der Waals surface area contributed by atoms with Crippen LogP contribution in [-0.4, -0.2) is 52.7 Å². The first-order valence-electron chi connectivity index (χ1n) is 5.76. The Balaban J connectivity index is 2.61. The molecule has 0 bridgehead atoms. The summed E-state index contributed by atoms with van der Waals surface area (Å²) in [7, 11) is 0. The average molecular weight is 256 g/mol. The van der Waals surface area contributed by atoms with Gasteiger partial charge >= 0.3 is 5.97 Å². The molecule has 2 amide bonds. The highest BCUT2D eigenvalue weighted by atomic mass is 16.4. The number of Topliss-reactive ketones (excluding diaryl/α,β-unsaturated/α-hetero) is 1. The van der Waals surface area contributed by atoms with Gasteiger partial charge in [-0.1, -0.05) is 0 Å². The number of carboxylic acids is 1. The third-order valence-corrected chi connectivity index (χ3v) is 2.70. The lowest BCUT2D eigenvalue weighted by molar-refractivity contribution is -0.148. The lowest BCUT2D eigenvalue weighted by Gasteiger charge is -2.23. The van der Waals surface area contributed by atoms with Gasteiger partial charge in [0.1, 0.15) is 6.04 Å². The fourth-order valence-electron chi connectivity index (χ4n) is 1.85. The minimum absolute atomic E-state index is 0.0141. The molecule has 0 spiro atoms. The number of nitrogens with zero attached hydrogens (tertiary/aromatic N) is 1. The molecule has 0 radical (unpaired) electrons. The van der Waals surface area contributed by atoms with Gasteiger partial charge in [0, 0.05) is 13.0 Å². The third kappa shape index (κ3) is 3.54. The van der Waals surface area contributed by atoms with E-state index in [1.54, 1.807) is 6.92 Å². The van der Waals surface area contributed by atoms with E-state index in [2.05, 4.69) is 5.32 Å². The number of carbonyl (C=O) groups is 4. The van der Waals surface area contributed by atoms with Gasteiger partial charge in [-0.25, -0.2) is 4.79 Å². The van der Waals surface area contributed by atoms with Crippen LogP contribution < -0.4 is 5.32 Å². The predicted octanol–water partition coefficient (Wildman–Crippen LogP) is -0.843. The quantitative estimate of drug-likeness (QED) is 0.603. The molecule has 0 saturated carbocycles. The van der Waals surface area contributed by atoms with Crippen LogP contribution in [0.15, 0.2) is 0 Å². The molecule has 0 aromatic heterocycles. The van der Waals surface area contributed by atoms with Gasteiger partial charge in [0.05, 0.1) is 13.0 Å². The van der Waals surface area contributed by atoms with E-state index in [4.69, 9.17) is 5.11 Å². The van der Waals surface area contributed by atoms with E-state index in [-0.39, 0.29) is 37.5 Å². The molecule has 0 aromatic rings. The molecular formula is C11H16N2O5. The zero-order valence-corrected chi connectivity index (χ0v) is 10.1. The molecule has 2 N–H and O–H groups in total. The summed E-state index contributed by atoms with van der Waals surface area (Å²) < 4.78 is 0. The SMILES string of the molecule is CCNC(=O)CC[C@@H](C(=O)O)N1CC(=O)CC1=O. The van der Waals surface area contributed by atoms with Gasteiger partial charge in [0.15, 0.2) is 5.78 Å². The number of amides is 2. The standard InChI is InChI=1S/C11H16N2O5/c1-2-12-9(15)4-3-8(11(17)18)13-6-7(14)5-10(13)16/h8H,2-6H2,1H3,(H,12,15)(H,17,18)/t8-/m0/s1. The van der Waals surface area contributed by atoms with E-state index in [1.807, 2.05) is 0 Å². The number of aliphatic carboxylic acids is 1. The second-order valence-corrected chi connectivity index (χ2v) is 4.08. The van der Waals surface area contributed by atoms with E-state index in [9.17, 15) is 19.2 Å². The lowest BCUT2D eigenvalue weighted by Crippen LogP contribution is -2.43. The van der Waals surface area contributed by atoms with Crippen molar-refractivity contribution in [2.75, 3.05) is 13.1 Å². The number of likely N-dealkylation sites (tertiary alicyclic amines) is 1. The molecule has 0 aromatic carbocycles. The number of nitrogens with one attached hydrogen (secondary N) is 1. The molecule has 0 aliphatic carbocycles. The fourth-order valence-corrected chi connectivity index (χ4v) is 1.85. The van der Waals surface area contributed by atoms with E-state index in [0.29, 0.717) is 6.54 Å². The summed E-state index contributed by atoms with van der Waals surface area (Å²) in [6.07, 6.45) is -0.214. The highest BCUT2D eigenvalue weighted by Gasteiger charge is 2.36. The zero-order chi connectivity index (χ0) is 13.7. The smallest absolute Gasteiger partial charge is 0.326 e. The normalized spacial score (nSPS) is 16.8. The van der Waals surface area contributed by atoms with Crippen molar-refractivity contribution in [3.8, 4) is 0 Å². The van der Waals surface area contributed by atoms with Crippen LogP contribution in [0.1, 0.15) is 26.2 Å². The summed E-state index contributed by atoms with van der Waals surface area (Å²) in [5.74, 6) is -2.23. The highest BCUT2D eigenvalue weighted by Crippen LogP contribution is 2.15. The Morgan fingerprint density at radius 3 is 2.56 bits per heavy atom. The maximum Gasteiger partial charge on any atom is 0.326 e. The molecule has 1 saturated heterocycles. The summed E-state index contributed by atoms with van der Waals surface area (Å²) in [5.41, 5.74) is 0. The second kappa shape index (κ2) is 6.13. The van der Waals surface area contributed by atoms with Gasteiger partial charge in [-0.15, -0.1) is 0 Å². The molecule has 1 fully saturated rings. The van der Waals surface area contributed by atoms with Gasteiger partial charge in [-0.2, -0.15) is 0 Å². The van der Waals surface area contributed by atoms with Crippen molar-refractivity contribution in [1.29, 1.82) is 0 Å². The maximum atomic E-state index is 11.4. The Morgan fingerprint density at radius 1 is 1.44 bits per heavy atom. The van der Waals surface area contributed by atoms with Crippen molar-refractivity contribution >= 4 is 23.6 Å². The molecule has 1 aliphatic heterocycles. The topological polar surface area (TPSA) is 104 Å². The molecule has 1 atom stereocenters. The molecule has 7 heteroatoms. The van der Waals surface area contributed by atoms with Gasteiger partial charge in [-0.3, -0.25) is 14.4 Å². The monoisotopic (exact) mass is 256 g/mol. The molecule has 100 valence electrons. The fraction of sp³-hybridized carbons (Fsp3) is 0.636. The molecule has 1 rings (SSSR count). The summed E-state index contributed by atoms with van der Waals surface area (Å²) in [4.78, 5) is 45.9. The van der Waals surface area contributed by atoms with Crippen LogP contribution in [0.25, 0.3) is 0 Å². The van der Waals surface area contributed by atoms with Crippen LogP contribution >= 0.6 is 0 Å². The Bertz CT molecular complexity index is 380. The van der Waals surface area contributed by atoms with Crippen LogP contribution in [0.4, 0.5) is 0 Å². The Hall–Kier alpha value is -1.92. The number of ketones is 1. The van der Waals surface area contributed by atoms with Gasteiger partial charge in [-0.05, 0) is 13.3 Å². The average Bonchev–Trinajstić information content (AvgIpc) is 2.58. The van der Waals surface area contributed by atoms with Crippen LogP contribution in [0.5, 0.6) is 0 Å². The first-order valence-corrected chi connectivity index (χ1v) is 5.76. The van der Waals surface area contributed by atoms with Crippen LogP contribution in [0, 0.1) is 0 Å². The van der Waals surface area contributed by atoms with Crippen molar-refractivity contribution in [2.24, 2.45) is 0 Å². The van der Waals surface area contributed by atoms with E-state index in [0.717, 1.165) is 4.90 Å². The van der Waals surface area contributed by atoms with Crippen LogP contribution in [0.3, 0.4) is 0 Å². The number of hydrogen-bond acceptors (Lipinski definition) is 4. The molecule has 0 unspecified atom stereocenters. The van der Waals surface area contributed by atoms with E-state index < -0.39 is 17.9 Å². The first-order chi connectivity index (χ1) is 8.45. The summed E-state index contributed by atoms with van der Waals surface area (Å²) in [6.45, 7) is 2.05. The molecule has 18 heavy (non-hydrogen) atoms. The van der Waals surface area contributed by atoms with Gasteiger partial charge in [0.2, 0.25) is 11.8 Å². The number of carbonyl (C=O) groups excluding carboxylic acids is 3.